The Kier molecular flexibility index (Phi) is 9.20. The van der Waals surface area contributed by atoms with Crippen molar-refractivity contribution in [3.8, 4) is 0 Å². The molecular formula is C25H36N8O6. The van der Waals surface area contributed by atoms with Crippen molar-refractivity contribution in [1.29, 1.82) is 0 Å². The maximum Gasteiger partial charge on any atom is 0.408 e. The van der Waals surface area contributed by atoms with Crippen molar-refractivity contribution in [3.63, 3.8) is 0 Å². The summed E-state index contributed by atoms with van der Waals surface area (Å²) in [4.78, 5) is 57.7. The number of H-pyrrole nitrogens is 1. The molecule has 0 fully saturated rings. The van der Waals surface area contributed by atoms with Crippen LogP contribution in [0.4, 0.5) is 10.6 Å². The minimum atomic E-state index is -1.09. The number of anilines is 1. The van der Waals surface area contributed by atoms with Crippen molar-refractivity contribution in [2.24, 2.45) is 0 Å². The van der Waals surface area contributed by atoms with E-state index >= 15 is 0 Å². The summed E-state index contributed by atoms with van der Waals surface area (Å²) < 4.78 is 10.7. The summed E-state index contributed by atoms with van der Waals surface area (Å²) in [5.74, 6) is -0.817. The fourth-order valence-electron chi connectivity index (χ4n) is 3.98. The number of nitrogens with zero attached hydrogens (tertiary/aromatic N) is 5. The first-order valence-electron chi connectivity index (χ1n) is 12.7. The summed E-state index contributed by atoms with van der Waals surface area (Å²) in [5.41, 5.74) is -0.739. The lowest BCUT2D eigenvalue weighted by molar-refractivity contribution is -0.155. The highest BCUT2D eigenvalue weighted by Crippen LogP contribution is 2.31. The lowest BCUT2D eigenvalue weighted by atomic mass is 10.1. The molecule has 2 aromatic rings. The SMILES string of the molecule is CC(C)(C)OC(=O)CCCC(NC(=O)OC(C)(C)C)C(=O)N1c2ncccc2C[C@H]1C(=O)NCc1nn[nH]n1. The number of pyridine rings is 1. The molecule has 2 aromatic heterocycles. The number of alkyl carbamates (subject to hydrolysis) is 1. The van der Waals surface area contributed by atoms with Gasteiger partial charge in [-0.15, -0.1) is 10.2 Å². The molecule has 0 saturated carbocycles. The van der Waals surface area contributed by atoms with Crippen LogP contribution in [0.1, 0.15) is 72.2 Å². The number of esters is 1. The number of rotatable bonds is 9. The van der Waals surface area contributed by atoms with Crippen LogP contribution in [-0.2, 0) is 36.8 Å². The number of fused-ring (bicyclic) bond motifs is 1. The van der Waals surface area contributed by atoms with E-state index in [0.717, 1.165) is 0 Å². The van der Waals surface area contributed by atoms with E-state index in [1.165, 1.54) is 11.1 Å². The molecule has 3 heterocycles. The first-order valence-corrected chi connectivity index (χ1v) is 12.7. The zero-order valence-corrected chi connectivity index (χ0v) is 23.1. The summed E-state index contributed by atoms with van der Waals surface area (Å²) in [7, 11) is 0. The molecule has 1 aliphatic rings. The number of carbonyl (C=O) groups is 4. The maximum atomic E-state index is 13.9. The Bertz CT molecular complexity index is 1170. The number of aromatic amines is 1. The van der Waals surface area contributed by atoms with Crippen LogP contribution >= 0.6 is 0 Å². The number of ether oxygens (including phenoxy) is 2. The van der Waals surface area contributed by atoms with Crippen LogP contribution < -0.4 is 15.5 Å². The second-order valence-electron chi connectivity index (χ2n) is 11.1. The smallest absolute Gasteiger partial charge is 0.408 e. The van der Waals surface area contributed by atoms with Crippen LogP contribution in [0.3, 0.4) is 0 Å². The third kappa shape index (κ3) is 8.72. The van der Waals surface area contributed by atoms with Gasteiger partial charge >= 0.3 is 12.1 Å². The Morgan fingerprint density at radius 3 is 2.49 bits per heavy atom. The fraction of sp³-hybridized carbons (Fsp3) is 0.600. The van der Waals surface area contributed by atoms with E-state index in [1.807, 2.05) is 0 Å². The number of hydrogen-bond donors (Lipinski definition) is 3. The molecule has 39 heavy (non-hydrogen) atoms. The van der Waals surface area contributed by atoms with Crippen molar-refractivity contribution < 1.29 is 28.7 Å². The van der Waals surface area contributed by atoms with Gasteiger partial charge in [-0.3, -0.25) is 19.3 Å². The van der Waals surface area contributed by atoms with Crippen LogP contribution in [0.5, 0.6) is 0 Å². The van der Waals surface area contributed by atoms with Crippen LogP contribution in [-0.4, -0.2) is 72.8 Å². The third-order valence-corrected chi connectivity index (χ3v) is 5.45. The van der Waals surface area contributed by atoms with Crippen LogP contribution in [0, 0.1) is 0 Å². The van der Waals surface area contributed by atoms with E-state index in [1.54, 1.807) is 53.7 Å². The highest BCUT2D eigenvalue weighted by molar-refractivity contribution is 6.05. The van der Waals surface area contributed by atoms with Crippen molar-refractivity contribution in [2.75, 3.05) is 4.90 Å². The van der Waals surface area contributed by atoms with Gasteiger partial charge in [0.05, 0.1) is 6.54 Å². The van der Waals surface area contributed by atoms with Gasteiger partial charge in [0.1, 0.15) is 29.1 Å². The second-order valence-corrected chi connectivity index (χ2v) is 11.1. The van der Waals surface area contributed by atoms with Gasteiger partial charge in [0.15, 0.2) is 5.82 Å². The molecule has 0 bridgehead atoms. The van der Waals surface area contributed by atoms with Gasteiger partial charge in [0, 0.05) is 19.0 Å². The average Bonchev–Trinajstić information content (AvgIpc) is 3.47. The number of tetrazole rings is 1. The molecule has 1 unspecified atom stereocenters. The van der Waals surface area contributed by atoms with Crippen molar-refractivity contribution in [1.82, 2.24) is 36.2 Å². The molecule has 0 saturated heterocycles. The first-order chi connectivity index (χ1) is 18.2. The molecule has 0 aromatic carbocycles. The zero-order chi connectivity index (χ0) is 28.8. The van der Waals surface area contributed by atoms with Crippen molar-refractivity contribution in [2.45, 2.75) is 97.1 Å². The largest absolute Gasteiger partial charge is 0.460 e. The number of amides is 3. The van der Waals surface area contributed by atoms with Crippen molar-refractivity contribution >= 4 is 29.7 Å². The molecule has 212 valence electrons. The number of carbonyl (C=O) groups excluding carboxylic acids is 4. The molecule has 3 N–H and O–H groups in total. The normalized spacial score (nSPS) is 15.7. The number of aromatic nitrogens is 5. The predicted octanol–water partition coefficient (Wildman–Crippen LogP) is 1.57. The average molecular weight is 545 g/mol. The van der Waals surface area contributed by atoms with Gasteiger partial charge in [-0.05, 0) is 66.0 Å². The molecule has 2 atom stereocenters. The van der Waals surface area contributed by atoms with E-state index in [9.17, 15) is 19.2 Å². The Morgan fingerprint density at radius 2 is 1.85 bits per heavy atom. The minimum absolute atomic E-state index is 0.00706. The molecule has 3 rings (SSSR count). The molecule has 3 amide bonds. The van der Waals surface area contributed by atoms with Gasteiger partial charge in [-0.2, -0.15) is 5.21 Å². The van der Waals surface area contributed by atoms with E-state index in [0.29, 0.717) is 11.4 Å². The summed E-state index contributed by atoms with van der Waals surface area (Å²) in [6.45, 7) is 10.4. The highest BCUT2D eigenvalue weighted by Gasteiger charge is 2.42. The zero-order valence-electron chi connectivity index (χ0n) is 23.1. The second kappa shape index (κ2) is 12.2. The number of nitrogens with one attached hydrogen (secondary N) is 3. The first kappa shape index (κ1) is 29.5. The lowest BCUT2D eigenvalue weighted by Crippen LogP contribution is -2.55. The van der Waals surface area contributed by atoms with Crippen LogP contribution in [0.2, 0.25) is 0 Å². The Hall–Kier alpha value is -4.10. The van der Waals surface area contributed by atoms with Gasteiger partial charge < -0.3 is 20.1 Å². The monoisotopic (exact) mass is 544 g/mol. The Balaban J connectivity index is 1.80. The molecule has 0 aliphatic carbocycles. The molecule has 14 heteroatoms. The molecule has 0 spiro atoms. The number of hydrogen-bond acceptors (Lipinski definition) is 10. The fourth-order valence-corrected chi connectivity index (χ4v) is 3.98. The van der Waals surface area contributed by atoms with E-state index in [4.69, 9.17) is 9.47 Å². The summed E-state index contributed by atoms with van der Waals surface area (Å²) in [6, 6.07) is 1.48. The van der Waals surface area contributed by atoms with E-state index in [-0.39, 0.29) is 38.1 Å². The predicted molar refractivity (Wildman–Crippen MR) is 138 cm³/mol. The lowest BCUT2D eigenvalue weighted by Gasteiger charge is -2.29. The topological polar surface area (TPSA) is 181 Å². The quantitative estimate of drug-likeness (QED) is 0.392. The minimum Gasteiger partial charge on any atom is -0.460 e. The Labute approximate surface area is 226 Å². The van der Waals surface area contributed by atoms with E-state index < -0.39 is 47.2 Å². The van der Waals surface area contributed by atoms with Gasteiger partial charge in [0.25, 0.3) is 5.91 Å². The van der Waals surface area contributed by atoms with Gasteiger partial charge in [0.2, 0.25) is 5.91 Å². The molecule has 14 nitrogen and oxygen atoms in total. The van der Waals surface area contributed by atoms with Crippen molar-refractivity contribution in [3.05, 3.63) is 29.7 Å². The van der Waals surface area contributed by atoms with Gasteiger partial charge in [-0.1, -0.05) is 11.3 Å². The molecule has 1 aliphatic heterocycles. The Morgan fingerprint density at radius 1 is 1.13 bits per heavy atom. The summed E-state index contributed by atoms with van der Waals surface area (Å²) in [6.07, 6.45) is 1.35. The van der Waals surface area contributed by atoms with Crippen LogP contribution in [0.25, 0.3) is 0 Å². The van der Waals surface area contributed by atoms with Crippen LogP contribution in [0.15, 0.2) is 18.3 Å². The molecular weight excluding hydrogens is 508 g/mol. The summed E-state index contributed by atoms with van der Waals surface area (Å²) >= 11 is 0. The van der Waals surface area contributed by atoms with E-state index in [2.05, 4.69) is 36.2 Å². The maximum absolute atomic E-state index is 13.9. The highest BCUT2D eigenvalue weighted by atomic mass is 16.6. The standard InChI is InChI=1S/C25H36N8O6/c1-24(2,3)38-19(34)11-7-10-16(28-23(37)39-25(4,5)6)22(36)33-17(13-15-9-8-12-26-20(15)33)21(35)27-14-18-29-31-32-30-18/h8-9,12,16-17H,7,10-11,13-14H2,1-6H3,(H,27,35)(H,28,37)(H,29,30,31,32)/t16?,17-/m0/s1. The van der Waals surface area contributed by atoms with Gasteiger partial charge in [-0.25, -0.2) is 9.78 Å². The summed E-state index contributed by atoms with van der Waals surface area (Å²) in [5, 5.41) is 18.7. The molecule has 0 radical (unpaired) electrons. The third-order valence-electron chi connectivity index (χ3n) is 5.45.